The molecule has 1 heterocycles. The third kappa shape index (κ3) is 3.69. The average molecular weight is 329 g/mol. The summed E-state index contributed by atoms with van der Waals surface area (Å²) < 4.78 is 13.7. The molecule has 1 amide bonds. The first-order chi connectivity index (χ1) is 11.7. The molecule has 128 valence electrons. The van der Waals surface area contributed by atoms with Crippen LogP contribution in [-0.2, 0) is 4.79 Å². The molecule has 3 rings (SSSR count). The van der Waals surface area contributed by atoms with Gasteiger partial charge in [-0.2, -0.15) is 5.26 Å². The number of carbonyl (C=O) groups excluding carboxylic acids is 1. The highest BCUT2D eigenvalue weighted by Crippen LogP contribution is 2.29. The molecule has 5 heteroatoms. The number of hydrogen-bond acceptors (Lipinski definition) is 3. The van der Waals surface area contributed by atoms with E-state index >= 15 is 0 Å². The van der Waals surface area contributed by atoms with Gasteiger partial charge >= 0.3 is 0 Å². The zero-order chi connectivity index (χ0) is 16.9. The molecule has 1 saturated heterocycles. The lowest BCUT2D eigenvalue weighted by molar-refractivity contribution is -0.131. The molecule has 24 heavy (non-hydrogen) atoms. The Morgan fingerprint density at radius 3 is 2.58 bits per heavy atom. The van der Waals surface area contributed by atoms with Crippen LogP contribution in [0, 0.1) is 23.1 Å². The van der Waals surface area contributed by atoms with Crippen molar-refractivity contribution in [1.29, 1.82) is 5.26 Å². The van der Waals surface area contributed by atoms with Crippen LogP contribution in [0.2, 0.25) is 0 Å². The second kappa shape index (κ2) is 7.65. The molecule has 0 atom stereocenters. The molecule has 0 aromatic heterocycles. The van der Waals surface area contributed by atoms with Gasteiger partial charge in [-0.1, -0.05) is 31.7 Å². The summed E-state index contributed by atoms with van der Waals surface area (Å²) in [7, 11) is 0. The van der Waals surface area contributed by atoms with Crippen LogP contribution in [0.3, 0.4) is 0 Å². The Kier molecular flexibility index (Phi) is 5.34. The smallest absolute Gasteiger partial charge is 0.222 e. The maximum absolute atomic E-state index is 13.7. The summed E-state index contributed by atoms with van der Waals surface area (Å²) in [4.78, 5) is 16.3. The standard InChI is InChI=1S/C19H24FN3O/c20-17-6-3-7-18(16(17)14-21)22-10-12-23(13-11-22)19(24)9-8-15-4-1-2-5-15/h3,6-7,15H,1-2,4-5,8-13H2. The fourth-order valence-corrected chi connectivity index (χ4v) is 3.87. The molecule has 0 bridgehead atoms. The minimum atomic E-state index is -0.481. The van der Waals surface area contributed by atoms with E-state index in [-0.39, 0.29) is 11.5 Å². The van der Waals surface area contributed by atoms with E-state index in [4.69, 9.17) is 5.26 Å². The molecule has 0 radical (unpaired) electrons. The molecule has 1 aliphatic carbocycles. The summed E-state index contributed by atoms with van der Waals surface area (Å²) in [6, 6.07) is 6.67. The van der Waals surface area contributed by atoms with E-state index in [1.54, 1.807) is 12.1 Å². The van der Waals surface area contributed by atoms with Crippen molar-refractivity contribution in [2.45, 2.75) is 38.5 Å². The van der Waals surface area contributed by atoms with Crippen LogP contribution in [0.15, 0.2) is 18.2 Å². The van der Waals surface area contributed by atoms with Crippen molar-refractivity contribution in [3.8, 4) is 6.07 Å². The number of piperazine rings is 1. The Morgan fingerprint density at radius 2 is 1.92 bits per heavy atom. The predicted octanol–water partition coefficient (Wildman–Crippen LogP) is 3.32. The SMILES string of the molecule is N#Cc1c(F)cccc1N1CCN(C(=O)CCC2CCCC2)CC1. The molecule has 2 aliphatic rings. The number of halogens is 1. The quantitative estimate of drug-likeness (QED) is 0.851. The van der Waals surface area contributed by atoms with Gasteiger partial charge in [-0.25, -0.2) is 4.39 Å². The van der Waals surface area contributed by atoms with Crippen LogP contribution < -0.4 is 4.90 Å². The Hall–Kier alpha value is -2.09. The molecule has 4 nitrogen and oxygen atoms in total. The fourth-order valence-electron chi connectivity index (χ4n) is 3.87. The normalized spacial score (nSPS) is 18.7. The van der Waals surface area contributed by atoms with Crippen molar-refractivity contribution in [3.63, 3.8) is 0 Å². The fraction of sp³-hybridized carbons (Fsp3) is 0.579. The van der Waals surface area contributed by atoms with E-state index in [0.29, 0.717) is 38.3 Å². The molecule has 0 N–H and O–H groups in total. The molecule has 1 saturated carbocycles. The molecule has 2 fully saturated rings. The number of nitrogens with zero attached hydrogens (tertiary/aromatic N) is 3. The van der Waals surface area contributed by atoms with Crippen molar-refractivity contribution in [1.82, 2.24) is 4.90 Å². The Balaban J connectivity index is 1.53. The van der Waals surface area contributed by atoms with Gasteiger partial charge in [0.25, 0.3) is 0 Å². The van der Waals surface area contributed by atoms with Gasteiger partial charge < -0.3 is 9.80 Å². The molecule has 1 aromatic rings. The van der Waals surface area contributed by atoms with Crippen LogP contribution >= 0.6 is 0 Å². The largest absolute Gasteiger partial charge is 0.367 e. The zero-order valence-corrected chi connectivity index (χ0v) is 14.0. The van der Waals surface area contributed by atoms with E-state index in [0.717, 1.165) is 12.3 Å². The lowest BCUT2D eigenvalue weighted by Gasteiger charge is -2.36. The van der Waals surface area contributed by atoms with Crippen LogP contribution in [0.25, 0.3) is 0 Å². The van der Waals surface area contributed by atoms with Crippen LogP contribution in [0.1, 0.15) is 44.1 Å². The molecular formula is C19H24FN3O. The summed E-state index contributed by atoms with van der Waals surface area (Å²) >= 11 is 0. The number of rotatable bonds is 4. The summed E-state index contributed by atoms with van der Waals surface area (Å²) in [5, 5.41) is 9.16. The van der Waals surface area contributed by atoms with Gasteiger partial charge in [0.05, 0.1) is 5.69 Å². The highest BCUT2D eigenvalue weighted by molar-refractivity contribution is 5.76. The Bertz CT molecular complexity index is 626. The second-order valence-electron chi connectivity index (χ2n) is 6.80. The number of nitriles is 1. The van der Waals surface area contributed by atoms with E-state index < -0.39 is 5.82 Å². The number of benzene rings is 1. The van der Waals surface area contributed by atoms with E-state index in [9.17, 15) is 9.18 Å². The minimum absolute atomic E-state index is 0.0958. The van der Waals surface area contributed by atoms with Gasteiger partial charge in [0.15, 0.2) is 0 Å². The lowest BCUT2D eigenvalue weighted by atomic mass is 10.0. The average Bonchev–Trinajstić information content (AvgIpc) is 3.13. The van der Waals surface area contributed by atoms with Gasteiger partial charge in [0.2, 0.25) is 5.91 Å². The Labute approximate surface area is 142 Å². The summed E-state index contributed by atoms with van der Waals surface area (Å²) in [5.74, 6) is 0.493. The minimum Gasteiger partial charge on any atom is -0.367 e. The number of hydrogen-bond donors (Lipinski definition) is 0. The predicted molar refractivity (Wildman–Crippen MR) is 91.1 cm³/mol. The summed E-state index contributed by atoms with van der Waals surface area (Å²) in [6.07, 6.45) is 6.84. The molecule has 1 aliphatic heterocycles. The van der Waals surface area contributed by atoms with Crippen molar-refractivity contribution in [2.24, 2.45) is 5.92 Å². The lowest BCUT2D eigenvalue weighted by Crippen LogP contribution is -2.49. The first kappa shape index (κ1) is 16.8. The maximum atomic E-state index is 13.7. The first-order valence-electron chi connectivity index (χ1n) is 8.90. The highest BCUT2D eigenvalue weighted by Gasteiger charge is 2.24. The molecule has 0 unspecified atom stereocenters. The number of anilines is 1. The number of carbonyl (C=O) groups is 1. The molecule has 1 aromatic carbocycles. The van der Waals surface area contributed by atoms with Crippen LogP contribution in [0.4, 0.5) is 10.1 Å². The van der Waals surface area contributed by atoms with Crippen molar-refractivity contribution >= 4 is 11.6 Å². The summed E-state index contributed by atoms with van der Waals surface area (Å²) in [5.41, 5.74) is 0.731. The van der Waals surface area contributed by atoms with Gasteiger partial charge in [0.1, 0.15) is 17.4 Å². The van der Waals surface area contributed by atoms with E-state index in [2.05, 4.69) is 0 Å². The molecular weight excluding hydrogens is 305 g/mol. The van der Waals surface area contributed by atoms with Gasteiger partial charge in [-0.3, -0.25) is 4.79 Å². The molecule has 0 spiro atoms. The zero-order valence-electron chi connectivity index (χ0n) is 14.0. The van der Waals surface area contributed by atoms with Gasteiger partial charge in [0, 0.05) is 32.6 Å². The van der Waals surface area contributed by atoms with Crippen molar-refractivity contribution in [2.75, 3.05) is 31.1 Å². The van der Waals surface area contributed by atoms with Crippen LogP contribution in [-0.4, -0.2) is 37.0 Å². The number of amides is 1. The van der Waals surface area contributed by atoms with Crippen molar-refractivity contribution < 1.29 is 9.18 Å². The van der Waals surface area contributed by atoms with E-state index in [1.165, 1.54) is 31.7 Å². The maximum Gasteiger partial charge on any atom is 0.222 e. The second-order valence-corrected chi connectivity index (χ2v) is 6.80. The van der Waals surface area contributed by atoms with Gasteiger partial charge in [-0.05, 0) is 24.5 Å². The highest BCUT2D eigenvalue weighted by atomic mass is 19.1. The summed E-state index contributed by atoms with van der Waals surface area (Å²) in [6.45, 7) is 2.58. The monoisotopic (exact) mass is 329 g/mol. The third-order valence-corrected chi connectivity index (χ3v) is 5.32. The van der Waals surface area contributed by atoms with Gasteiger partial charge in [-0.15, -0.1) is 0 Å². The van der Waals surface area contributed by atoms with Crippen molar-refractivity contribution in [3.05, 3.63) is 29.6 Å². The van der Waals surface area contributed by atoms with Crippen LogP contribution in [0.5, 0.6) is 0 Å². The Morgan fingerprint density at radius 1 is 1.21 bits per heavy atom. The first-order valence-corrected chi connectivity index (χ1v) is 8.90. The third-order valence-electron chi connectivity index (χ3n) is 5.32. The topological polar surface area (TPSA) is 47.3 Å². The van der Waals surface area contributed by atoms with E-state index in [1.807, 2.05) is 15.9 Å².